The van der Waals surface area contributed by atoms with Gasteiger partial charge in [0.2, 0.25) is 0 Å². The lowest BCUT2D eigenvalue weighted by molar-refractivity contribution is 1.63. The Hall–Kier alpha value is -5.76. The van der Waals surface area contributed by atoms with Crippen molar-refractivity contribution in [3.8, 4) is 33.4 Å². The number of rotatable bonds is 5. The molecule has 0 aromatic heterocycles. The van der Waals surface area contributed by atoms with E-state index in [0.29, 0.717) is 9.52 Å². The lowest BCUT2D eigenvalue weighted by Crippen LogP contribution is -2.26. The van der Waals surface area contributed by atoms with Crippen molar-refractivity contribution in [2.24, 2.45) is 0 Å². The van der Waals surface area contributed by atoms with Crippen molar-refractivity contribution in [1.29, 1.82) is 0 Å². The second-order valence-electron chi connectivity index (χ2n) is 12.2. The Bertz CT molecular complexity index is 2580. The fourth-order valence-electron chi connectivity index (χ4n) is 7.11. The van der Waals surface area contributed by atoms with Gasteiger partial charge in [0.25, 0.3) is 0 Å². The molecule has 218 valence electrons. The molecule has 0 N–H and O–H groups in total. The summed E-state index contributed by atoms with van der Waals surface area (Å²) in [4.78, 5) is 0. The van der Waals surface area contributed by atoms with E-state index in [1.807, 2.05) is 0 Å². The van der Waals surface area contributed by atoms with E-state index < -0.39 is 0 Å². The van der Waals surface area contributed by atoms with Crippen molar-refractivity contribution in [1.82, 2.24) is 0 Å². The molecule has 0 aliphatic heterocycles. The Labute approximate surface area is 277 Å². The molecule has 47 heavy (non-hydrogen) atoms. The van der Waals surface area contributed by atoms with Gasteiger partial charge in [0.1, 0.15) is 9.52 Å². The first-order valence-electron chi connectivity index (χ1n) is 16.2. The van der Waals surface area contributed by atoms with Crippen LogP contribution in [-0.4, -0.2) is 9.52 Å². The first-order chi connectivity index (χ1) is 23.3. The van der Waals surface area contributed by atoms with Gasteiger partial charge in [-0.25, -0.2) is 0 Å². The van der Waals surface area contributed by atoms with Crippen LogP contribution in [-0.2, 0) is 0 Å². The highest BCUT2D eigenvalue weighted by atomic mass is 28.2. The summed E-state index contributed by atoms with van der Waals surface area (Å²) in [6.45, 7) is 0. The maximum Gasteiger partial charge on any atom is 0.121 e. The molecular formula is C46H30Si. The Morgan fingerprint density at radius 1 is 0.255 bits per heavy atom. The molecule has 9 aromatic rings. The SMILES string of the molecule is c1ccc([Si]c2ccc3c(-c4ccc(-c5ccc6ccccc6c5)cc4)c4ccccc4c(-c4ccc5ccccc5c4)c3c2)cc1. The highest BCUT2D eigenvalue weighted by Crippen LogP contribution is 2.44. The topological polar surface area (TPSA) is 0 Å². The smallest absolute Gasteiger partial charge is 0.0631 e. The molecule has 0 nitrogen and oxygen atoms in total. The van der Waals surface area contributed by atoms with E-state index in [1.165, 1.54) is 86.8 Å². The fourth-order valence-corrected chi connectivity index (χ4v) is 8.18. The van der Waals surface area contributed by atoms with Crippen molar-refractivity contribution in [2.45, 2.75) is 0 Å². The zero-order valence-electron chi connectivity index (χ0n) is 25.8. The van der Waals surface area contributed by atoms with Crippen LogP contribution in [0.15, 0.2) is 182 Å². The zero-order valence-corrected chi connectivity index (χ0v) is 26.8. The van der Waals surface area contributed by atoms with Crippen molar-refractivity contribution < 1.29 is 0 Å². The van der Waals surface area contributed by atoms with Gasteiger partial charge in [-0.05, 0) is 88.6 Å². The molecule has 0 amide bonds. The van der Waals surface area contributed by atoms with Gasteiger partial charge in [0.05, 0.1) is 0 Å². The monoisotopic (exact) mass is 610 g/mol. The molecule has 0 unspecified atom stereocenters. The van der Waals surface area contributed by atoms with Gasteiger partial charge in [-0.15, -0.1) is 0 Å². The van der Waals surface area contributed by atoms with E-state index in [2.05, 4.69) is 182 Å². The third-order valence-electron chi connectivity index (χ3n) is 9.38. The van der Waals surface area contributed by atoms with Crippen LogP contribution in [0.5, 0.6) is 0 Å². The predicted molar refractivity (Wildman–Crippen MR) is 204 cm³/mol. The standard InChI is InChI=1S/C46H30Si/c1-2-14-39(15-3-1)47-40-26-27-43-44(30-40)46(38-25-21-32-11-5-7-13-36(32)29-38)42-17-9-8-16-41(42)45(43)34-22-18-33(19-23-34)37-24-20-31-10-4-6-12-35(31)28-37/h1-30H. The van der Waals surface area contributed by atoms with Crippen LogP contribution in [0.2, 0.25) is 0 Å². The fraction of sp³-hybridized carbons (Fsp3) is 0. The molecule has 0 fully saturated rings. The van der Waals surface area contributed by atoms with Gasteiger partial charge in [0, 0.05) is 0 Å². The van der Waals surface area contributed by atoms with Crippen molar-refractivity contribution in [3.63, 3.8) is 0 Å². The maximum atomic E-state index is 2.45. The van der Waals surface area contributed by atoms with Crippen LogP contribution in [0.3, 0.4) is 0 Å². The van der Waals surface area contributed by atoms with Crippen LogP contribution in [0.1, 0.15) is 0 Å². The van der Waals surface area contributed by atoms with E-state index in [9.17, 15) is 0 Å². The van der Waals surface area contributed by atoms with Crippen molar-refractivity contribution in [3.05, 3.63) is 182 Å². The molecule has 0 heterocycles. The third kappa shape index (κ3) is 5.02. The van der Waals surface area contributed by atoms with Gasteiger partial charge in [0.15, 0.2) is 0 Å². The number of hydrogen-bond donors (Lipinski definition) is 0. The molecule has 0 aliphatic rings. The van der Waals surface area contributed by atoms with Crippen molar-refractivity contribution in [2.75, 3.05) is 0 Å². The van der Waals surface area contributed by atoms with Crippen LogP contribution < -0.4 is 10.4 Å². The Balaban J connectivity index is 1.26. The second kappa shape index (κ2) is 11.5. The van der Waals surface area contributed by atoms with Gasteiger partial charge < -0.3 is 0 Å². The van der Waals surface area contributed by atoms with E-state index in [4.69, 9.17) is 0 Å². The third-order valence-corrected chi connectivity index (χ3v) is 10.6. The summed E-state index contributed by atoms with van der Waals surface area (Å²) in [6.07, 6.45) is 0. The minimum atomic E-state index is 0.594. The molecule has 0 atom stereocenters. The lowest BCUT2D eigenvalue weighted by Gasteiger charge is -2.19. The molecule has 0 aliphatic carbocycles. The summed E-state index contributed by atoms with van der Waals surface area (Å²) < 4.78 is 0. The first-order valence-corrected chi connectivity index (χ1v) is 17.2. The van der Waals surface area contributed by atoms with Gasteiger partial charge in [-0.3, -0.25) is 0 Å². The number of fused-ring (bicyclic) bond motifs is 4. The first kappa shape index (κ1) is 27.5. The Kier molecular flexibility index (Phi) is 6.77. The van der Waals surface area contributed by atoms with Gasteiger partial charge >= 0.3 is 0 Å². The van der Waals surface area contributed by atoms with Crippen LogP contribution >= 0.6 is 0 Å². The molecule has 2 radical (unpaired) electrons. The summed E-state index contributed by atoms with van der Waals surface area (Å²) in [7, 11) is 0.594. The molecule has 0 saturated heterocycles. The van der Waals surface area contributed by atoms with Crippen LogP contribution in [0, 0.1) is 0 Å². The average molecular weight is 611 g/mol. The lowest BCUT2D eigenvalue weighted by atomic mass is 9.85. The Morgan fingerprint density at radius 2 is 0.745 bits per heavy atom. The van der Waals surface area contributed by atoms with E-state index >= 15 is 0 Å². The largest absolute Gasteiger partial charge is 0.121 e. The molecule has 1 heteroatoms. The highest BCUT2D eigenvalue weighted by molar-refractivity contribution is 6.67. The summed E-state index contributed by atoms with van der Waals surface area (Å²) >= 11 is 0. The predicted octanol–water partition coefficient (Wildman–Crippen LogP) is 11.0. The van der Waals surface area contributed by atoms with Gasteiger partial charge in [-0.1, -0.05) is 180 Å². The summed E-state index contributed by atoms with van der Waals surface area (Å²) in [5.74, 6) is 0. The Morgan fingerprint density at radius 3 is 1.43 bits per heavy atom. The summed E-state index contributed by atoms with van der Waals surface area (Å²) in [5.41, 5.74) is 7.55. The average Bonchev–Trinajstić information content (AvgIpc) is 3.14. The highest BCUT2D eigenvalue weighted by Gasteiger charge is 2.18. The summed E-state index contributed by atoms with van der Waals surface area (Å²) in [5, 5.41) is 12.9. The number of hydrogen-bond acceptors (Lipinski definition) is 0. The summed E-state index contributed by atoms with van der Waals surface area (Å²) in [6, 6.07) is 67.0. The molecule has 0 spiro atoms. The maximum absolute atomic E-state index is 2.45. The van der Waals surface area contributed by atoms with Crippen LogP contribution in [0.25, 0.3) is 76.5 Å². The van der Waals surface area contributed by atoms with Gasteiger partial charge in [-0.2, -0.15) is 0 Å². The van der Waals surface area contributed by atoms with E-state index in [-0.39, 0.29) is 0 Å². The van der Waals surface area contributed by atoms with Crippen LogP contribution in [0.4, 0.5) is 0 Å². The zero-order chi connectivity index (χ0) is 31.2. The van der Waals surface area contributed by atoms with Crippen molar-refractivity contribution >= 4 is 63.0 Å². The van der Waals surface area contributed by atoms with E-state index in [0.717, 1.165) is 0 Å². The molecular weight excluding hydrogens is 581 g/mol. The minimum Gasteiger partial charge on any atom is -0.0631 e. The molecule has 0 saturated carbocycles. The molecule has 9 rings (SSSR count). The molecule has 0 bridgehead atoms. The normalized spacial score (nSPS) is 11.5. The quantitative estimate of drug-likeness (QED) is 0.134. The second-order valence-corrected chi connectivity index (χ2v) is 13.7. The minimum absolute atomic E-state index is 0.594. The number of benzene rings is 9. The molecule has 9 aromatic carbocycles. The van der Waals surface area contributed by atoms with E-state index in [1.54, 1.807) is 0 Å².